The Morgan fingerprint density at radius 3 is 2.39 bits per heavy atom. The maximum Gasteiger partial charge on any atom is 0.105 e. The molecule has 0 saturated heterocycles. The van der Waals surface area contributed by atoms with Crippen LogP contribution in [0.3, 0.4) is 0 Å². The van der Waals surface area contributed by atoms with Crippen molar-refractivity contribution < 1.29 is 5.11 Å². The normalized spacial score (nSPS) is 16.9. The second-order valence-corrected chi connectivity index (χ2v) is 4.29. The average molecular weight is 233 g/mol. The number of hydrogen-bond donors (Lipinski definition) is 1. The Morgan fingerprint density at radius 2 is 1.61 bits per heavy atom. The van der Waals surface area contributed by atoms with Crippen molar-refractivity contribution in [3.63, 3.8) is 0 Å². The average Bonchev–Trinajstić information content (AvgIpc) is 2.55. The number of benzene rings is 2. The molecule has 0 bridgehead atoms. The summed E-state index contributed by atoms with van der Waals surface area (Å²) >= 11 is 0. The zero-order valence-electron chi connectivity index (χ0n) is 9.67. The number of allylic oxidation sites excluding steroid dienone is 1. The topological polar surface area (TPSA) is 44.0 Å². The van der Waals surface area contributed by atoms with Gasteiger partial charge in [0.2, 0.25) is 0 Å². The largest absolute Gasteiger partial charge is 0.384 e. The first-order chi connectivity index (χ1) is 8.81. The van der Waals surface area contributed by atoms with Crippen LogP contribution in [0.5, 0.6) is 0 Å². The Kier molecular flexibility index (Phi) is 2.47. The van der Waals surface area contributed by atoms with Crippen molar-refractivity contribution in [2.45, 2.75) is 6.10 Å². The first-order valence-electron chi connectivity index (χ1n) is 5.79. The third kappa shape index (κ3) is 1.54. The molecule has 0 radical (unpaired) electrons. The molecular formula is C16H11NO. The highest BCUT2D eigenvalue weighted by Gasteiger charge is 2.21. The first-order valence-corrected chi connectivity index (χ1v) is 5.79. The van der Waals surface area contributed by atoms with Gasteiger partial charge in [0.05, 0.1) is 11.6 Å². The van der Waals surface area contributed by atoms with Crippen LogP contribution in [0.25, 0.3) is 11.6 Å². The molecule has 2 nitrogen and oxygen atoms in total. The number of nitriles is 1. The number of aliphatic hydroxyl groups is 1. The van der Waals surface area contributed by atoms with Crippen LogP contribution in [0.1, 0.15) is 28.4 Å². The molecule has 1 N–H and O–H groups in total. The fraction of sp³-hybridized carbons (Fsp3) is 0.0625. The van der Waals surface area contributed by atoms with Crippen LogP contribution in [-0.4, -0.2) is 5.11 Å². The highest BCUT2D eigenvalue weighted by molar-refractivity contribution is 5.92. The fourth-order valence-corrected chi connectivity index (χ4v) is 2.37. The van der Waals surface area contributed by atoms with Crippen molar-refractivity contribution in [2.75, 3.05) is 0 Å². The number of nitrogens with zero attached hydrogens (tertiary/aromatic N) is 1. The molecule has 86 valence electrons. The van der Waals surface area contributed by atoms with Gasteiger partial charge >= 0.3 is 0 Å². The summed E-state index contributed by atoms with van der Waals surface area (Å²) in [5.74, 6) is 0. The molecule has 2 aromatic rings. The van der Waals surface area contributed by atoms with E-state index in [1.54, 1.807) is 0 Å². The molecule has 18 heavy (non-hydrogen) atoms. The van der Waals surface area contributed by atoms with E-state index in [9.17, 15) is 10.4 Å². The summed E-state index contributed by atoms with van der Waals surface area (Å²) in [7, 11) is 0. The third-order valence-corrected chi connectivity index (χ3v) is 3.26. The fourth-order valence-electron chi connectivity index (χ4n) is 2.37. The van der Waals surface area contributed by atoms with Gasteiger partial charge in [0.25, 0.3) is 0 Å². The highest BCUT2D eigenvalue weighted by atomic mass is 16.3. The zero-order chi connectivity index (χ0) is 12.5. The Balaban J connectivity index is 2.35. The van der Waals surface area contributed by atoms with Crippen LogP contribution >= 0.6 is 0 Å². The standard InChI is InChI=1S/C16H11NO/c17-10-12-9-11-5-1-2-7-14(11)16(18)15-8-4-3-6-13(12)15/h1-9,16,18H. The summed E-state index contributed by atoms with van der Waals surface area (Å²) in [5, 5.41) is 19.7. The van der Waals surface area contributed by atoms with Crippen molar-refractivity contribution in [1.29, 1.82) is 5.26 Å². The van der Waals surface area contributed by atoms with Gasteiger partial charge in [-0.1, -0.05) is 48.5 Å². The first kappa shape index (κ1) is 10.8. The maximum absolute atomic E-state index is 10.5. The molecule has 2 heteroatoms. The third-order valence-electron chi connectivity index (χ3n) is 3.26. The van der Waals surface area contributed by atoms with E-state index in [1.165, 1.54) is 0 Å². The van der Waals surface area contributed by atoms with Crippen LogP contribution in [0.2, 0.25) is 0 Å². The van der Waals surface area contributed by atoms with Gasteiger partial charge in [-0.25, -0.2) is 0 Å². The van der Waals surface area contributed by atoms with Crippen molar-refractivity contribution in [1.82, 2.24) is 0 Å². The zero-order valence-corrected chi connectivity index (χ0v) is 9.67. The number of rotatable bonds is 0. The Morgan fingerprint density at radius 1 is 0.944 bits per heavy atom. The summed E-state index contributed by atoms with van der Waals surface area (Å²) in [6.45, 7) is 0. The Bertz CT molecular complexity index is 679. The molecule has 0 aromatic heterocycles. The maximum atomic E-state index is 10.5. The molecule has 0 fully saturated rings. The summed E-state index contributed by atoms with van der Waals surface area (Å²) in [4.78, 5) is 0. The monoisotopic (exact) mass is 233 g/mol. The van der Waals surface area contributed by atoms with Gasteiger partial charge in [-0.2, -0.15) is 5.26 Å². The van der Waals surface area contributed by atoms with Gasteiger partial charge < -0.3 is 5.11 Å². The molecule has 0 amide bonds. The van der Waals surface area contributed by atoms with Gasteiger partial charge in [0, 0.05) is 0 Å². The van der Waals surface area contributed by atoms with Gasteiger partial charge in [-0.05, 0) is 28.3 Å². The predicted molar refractivity (Wildman–Crippen MR) is 70.4 cm³/mol. The molecule has 1 unspecified atom stereocenters. The van der Waals surface area contributed by atoms with Crippen molar-refractivity contribution in [3.05, 3.63) is 70.8 Å². The molecule has 1 aliphatic rings. The van der Waals surface area contributed by atoms with Crippen LogP contribution < -0.4 is 0 Å². The summed E-state index contributed by atoms with van der Waals surface area (Å²) in [6.07, 6.45) is 1.16. The minimum absolute atomic E-state index is 0.592. The molecule has 1 atom stereocenters. The van der Waals surface area contributed by atoms with Crippen LogP contribution in [0, 0.1) is 11.3 Å². The number of aliphatic hydroxyl groups excluding tert-OH is 1. The summed E-state index contributed by atoms with van der Waals surface area (Å²) in [5.41, 5.74) is 3.93. The van der Waals surface area contributed by atoms with E-state index in [0.717, 1.165) is 22.3 Å². The lowest BCUT2D eigenvalue weighted by molar-refractivity contribution is 0.220. The van der Waals surface area contributed by atoms with Gasteiger partial charge in [0.15, 0.2) is 0 Å². The molecule has 0 aliphatic heterocycles. The van der Waals surface area contributed by atoms with E-state index in [2.05, 4.69) is 6.07 Å². The molecule has 1 aliphatic carbocycles. The quantitative estimate of drug-likeness (QED) is 0.759. The Labute approximate surface area is 105 Å². The van der Waals surface area contributed by atoms with E-state index < -0.39 is 6.10 Å². The molecule has 3 rings (SSSR count). The SMILES string of the molecule is N#CC1=Cc2ccccc2C(O)c2ccccc21. The highest BCUT2D eigenvalue weighted by Crippen LogP contribution is 2.35. The smallest absolute Gasteiger partial charge is 0.105 e. The number of fused-ring (bicyclic) bond motifs is 2. The second kappa shape index (κ2) is 4.14. The summed E-state index contributed by atoms with van der Waals surface area (Å²) < 4.78 is 0. The lowest BCUT2D eigenvalue weighted by Gasteiger charge is -2.14. The van der Waals surface area contributed by atoms with E-state index in [0.29, 0.717) is 5.57 Å². The minimum atomic E-state index is -0.681. The van der Waals surface area contributed by atoms with Crippen LogP contribution in [-0.2, 0) is 0 Å². The molecule has 2 aromatic carbocycles. The van der Waals surface area contributed by atoms with Gasteiger partial charge in [0.1, 0.15) is 6.10 Å². The van der Waals surface area contributed by atoms with E-state index in [4.69, 9.17) is 0 Å². The van der Waals surface area contributed by atoms with E-state index in [-0.39, 0.29) is 0 Å². The molecular weight excluding hydrogens is 222 g/mol. The molecule has 0 saturated carbocycles. The lowest BCUT2D eigenvalue weighted by atomic mass is 9.95. The van der Waals surface area contributed by atoms with Crippen LogP contribution in [0.15, 0.2) is 48.5 Å². The second-order valence-electron chi connectivity index (χ2n) is 4.29. The van der Waals surface area contributed by atoms with Gasteiger partial charge in [-0.3, -0.25) is 0 Å². The predicted octanol–water partition coefficient (Wildman–Crippen LogP) is 3.15. The van der Waals surface area contributed by atoms with E-state index >= 15 is 0 Å². The van der Waals surface area contributed by atoms with Crippen molar-refractivity contribution in [2.24, 2.45) is 0 Å². The molecule has 0 heterocycles. The van der Waals surface area contributed by atoms with Crippen LogP contribution in [0.4, 0.5) is 0 Å². The number of hydrogen-bond acceptors (Lipinski definition) is 2. The lowest BCUT2D eigenvalue weighted by Crippen LogP contribution is -2.02. The van der Waals surface area contributed by atoms with E-state index in [1.807, 2.05) is 54.6 Å². The molecule has 0 spiro atoms. The van der Waals surface area contributed by atoms with Crippen molar-refractivity contribution >= 4 is 11.6 Å². The van der Waals surface area contributed by atoms with Crippen molar-refractivity contribution in [3.8, 4) is 6.07 Å². The summed E-state index contributed by atoms with van der Waals surface area (Å²) in [6, 6.07) is 17.3. The minimum Gasteiger partial charge on any atom is -0.384 e. The Hall–Kier alpha value is -2.37. The van der Waals surface area contributed by atoms with Gasteiger partial charge in [-0.15, -0.1) is 0 Å².